The molecule has 3 N–H and O–H groups in total. The van der Waals surface area contributed by atoms with E-state index in [0.29, 0.717) is 38.6 Å². The number of ether oxygens (including phenoxy) is 2. The summed E-state index contributed by atoms with van der Waals surface area (Å²) in [5.41, 5.74) is 0.921. The number of amides is 4. The van der Waals surface area contributed by atoms with Crippen LogP contribution < -0.4 is 16.0 Å². The molecule has 3 fully saturated rings. The summed E-state index contributed by atoms with van der Waals surface area (Å²) in [6.45, 7) is 1.92. The van der Waals surface area contributed by atoms with Crippen molar-refractivity contribution < 1.29 is 28.7 Å². The molecule has 1 heterocycles. The van der Waals surface area contributed by atoms with Gasteiger partial charge in [-0.05, 0) is 30.7 Å². The molecule has 0 spiro atoms. The first-order valence-corrected chi connectivity index (χ1v) is 15.4. The second-order valence-corrected chi connectivity index (χ2v) is 11.6. The zero-order valence-corrected chi connectivity index (χ0v) is 24.1. The van der Waals surface area contributed by atoms with Gasteiger partial charge in [0, 0.05) is 19.1 Å². The fraction of sp³-hybridized carbons (Fsp3) is 0.677. The van der Waals surface area contributed by atoms with E-state index in [-0.39, 0.29) is 25.3 Å². The van der Waals surface area contributed by atoms with Gasteiger partial charge in [-0.2, -0.15) is 0 Å². The summed E-state index contributed by atoms with van der Waals surface area (Å²) < 4.78 is 11.2. The van der Waals surface area contributed by atoms with Crippen molar-refractivity contribution in [3.8, 4) is 0 Å². The van der Waals surface area contributed by atoms with Crippen LogP contribution in [0.2, 0.25) is 0 Å². The number of carbonyl (C=O) groups is 4. The Morgan fingerprint density at radius 2 is 1.51 bits per heavy atom. The number of hydrogen-bond acceptors (Lipinski definition) is 6. The molecule has 226 valence electrons. The van der Waals surface area contributed by atoms with Crippen molar-refractivity contribution in [3.05, 3.63) is 35.9 Å². The van der Waals surface area contributed by atoms with Crippen molar-refractivity contribution in [2.45, 2.75) is 95.4 Å². The van der Waals surface area contributed by atoms with E-state index in [2.05, 4.69) is 16.0 Å². The normalized spacial score (nSPS) is 20.0. The maximum absolute atomic E-state index is 13.7. The monoisotopic (exact) mass is 570 g/mol. The van der Waals surface area contributed by atoms with Crippen LogP contribution in [0.5, 0.6) is 0 Å². The molecule has 1 aromatic rings. The second-order valence-electron chi connectivity index (χ2n) is 11.6. The largest absolute Gasteiger partial charge is 0.378 e. The average molecular weight is 571 g/mol. The number of nitrogens with one attached hydrogen (secondary N) is 3. The van der Waals surface area contributed by atoms with Gasteiger partial charge in [0.05, 0.1) is 26.4 Å². The lowest BCUT2D eigenvalue weighted by Crippen LogP contribution is -2.58. The maximum Gasteiger partial charge on any atom is 0.318 e. The Kier molecular flexibility index (Phi) is 12.4. The molecule has 0 aromatic heterocycles. The van der Waals surface area contributed by atoms with Crippen LogP contribution in [-0.4, -0.2) is 79.6 Å². The first kappa shape index (κ1) is 31.0. The molecule has 10 nitrogen and oxygen atoms in total. The Morgan fingerprint density at radius 1 is 0.854 bits per heavy atom. The smallest absolute Gasteiger partial charge is 0.318 e. The lowest BCUT2D eigenvalue weighted by molar-refractivity contribution is -0.142. The molecule has 2 saturated carbocycles. The minimum Gasteiger partial charge on any atom is -0.378 e. The number of nitrogens with zero attached hydrogens (tertiary/aromatic N) is 1. The van der Waals surface area contributed by atoms with Crippen molar-refractivity contribution in [1.82, 2.24) is 20.9 Å². The molecule has 1 aliphatic heterocycles. The zero-order chi connectivity index (χ0) is 28.9. The third-order valence-electron chi connectivity index (χ3n) is 8.40. The molecule has 41 heavy (non-hydrogen) atoms. The molecule has 3 aliphatic rings. The standard InChI is InChI=1S/C31H46N4O6/c36-28(30(38)32-25-14-8-3-9-15-25)27(22-41-21-24-12-6-2-7-13-24)33-29(37)26(20-23-10-4-1-5-11-23)34-31(39)35-16-18-40-19-17-35/h2,6-7,12-13,23,25-27H,1,3-5,8-11,14-22H2,(H,32,38)(H,33,37)(H,34,39)/t26-,27+/m0/s1. The first-order valence-electron chi connectivity index (χ1n) is 15.4. The van der Waals surface area contributed by atoms with Crippen LogP contribution in [0.4, 0.5) is 4.79 Å². The Balaban J connectivity index is 1.43. The minimum absolute atomic E-state index is 0.0337. The lowest BCUT2D eigenvalue weighted by atomic mass is 9.84. The van der Waals surface area contributed by atoms with E-state index < -0.39 is 29.7 Å². The predicted octanol–water partition coefficient (Wildman–Crippen LogP) is 3.09. The van der Waals surface area contributed by atoms with Crippen LogP contribution in [0.3, 0.4) is 0 Å². The summed E-state index contributed by atoms with van der Waals surface area (Å²) in [4.78, 5) is 54.7. The zero-order valence-electron chi connectivity index (χ0n) is 24.1. The van der Waals surface area contributed by atoms with Crippen molar-refractivity contribution in [1.29, 1.82) is 0 Å². The van der Waals surface area contributed by atoms with Gasteiger partial charge in [0.25, 0.3) is 5.91 Å². The van der Waals surface area contributed by atoms with Crippen LogP contribution in [0, 0.1) is 5.92 Å². The molecule has 10 heteroatoms. The van der Waals surface area contributed by atoms with Crippen molar-refractivity contribution in [2.24, 2.45) is 5.92 Å². The molecule has 4 rings (SSSR count). The summed E-state index contributed by atoms with van der Waals surface area (Å²) in [5, 5.41) is 8.58. The van der Waals surface area contributed by atoms with E-state index in [9.17, 15) is 19.2 Å². The van der Waals surface area contributed by atoms with Crippen molar-refractivity contribution >= 4 is 23.6 Å². The van der Waals surface area contributed by atoms with Gasteiger partial charge < -0.3 is 30.3 Å². The molecule has 2 atom stereocenters. The fourth-order valence-electron chi connectivity index (χ4n) is 5.98. The number of Topliss-reactive ketones (excluding diaryl/α,β-unsaturated/α-hetero) is 1. The van der Waals surface area contributed by atoms with Gasteiger partial charge in [0.2, 0.25) is 11.7 Å². The van der Waals surface area contributed by atoms with Gasteiger partial charge in [0.1, 0.15) is 12.1 Å². The number of benzene rings is 1. The van der Waals surface area contributed by atoms with Gasteiger partial charge >= 0.3 is 6.03 Å². The van der Waals surface area contributed by atoms with E-state index in [1.54, 1.807) is 4.90 Å². The van der Waals surface area contributed by atoms with Gasteiger partial charge in [0.15, 0.2) is 0 Å². The predicted molar refractivity (Wildman–Crippen MR) is 154 cm³/mol. The van der Waals surface area contributed by atoms with Gasteiger partial charge in [-0.15, -0.1) is 0 Å². The Morgan fingerprint density at radius 3 is 2.20 bits per heavy atom. The number of morpholine rings is 1. The number of hydrogen-bond donors (Lipinski definition) is 3. The van der Waals surface area contributed by atoms with Crippen molar-refractivity contribution in [2.75, 3.05) is 32.9 Å². The summed E-state index contributed by atoms with van der Waals surface area (Å²) in [5.74, 6) is -1.59. The highest BCUT2D eigenvalue weighted by Crippen LogP contribution is 2.27. The number of rotatable bonds is 12. The molecule has 4 amide bonds. The van der Waals surface area contributed by atoms with E-state index in [1.165, 1.54) is 6.42 Å². The molecular formula is C31H46N4O6. The van der Waals surface area contributed by atoms with Crippen LogP contribution in [0.1, 0.15) is 76.2 Å². The topological polar surface area (TPSA) is 126 Å². The molecule has 0 radical (unpaired) electrons. The Hall–Kier alpha value is -2.98. The van der Waals surface area contributed by atoms with E-state index in [0.717, 1.165) is 63.4 Å². The van der Waals surface area contributed by atoms with E-state index in [4.69, 9.17) is 9.47 Å². The number of ketones is 1. The number of carbonyl (C=O) groups excluding carboxylic acids is 4. The van der Waals surface area contributed by atoms with Crippen LogP contribution in [0.15, 0.2) is 30.3 Å². The molecule has 1 aromatic carbocycles. The molecule has 0 bridgehead atoms. The molecule has 0 unspecified atom stereocenters. The molecule has 2 aliphatic carbocycles. The summed E-state index contributed by atoms with van der Waals surface area (Å²) in [6.07, 6.45) is 10.7. The SMILES string of the molecule is O=C(NC1CCCCC1)C(=O)[C@@H](COCc1ccccc1)NC(=O)[C@H](CC1CCCCC1)NC(=O)N1CCOCC1. The Bertz CT molecular complexity index is 988. The second kappa shape index (κ2) is 16.5. The van der Waals surface area contributed by atoms with E-state index >= 15 is 0 Å². The Labute approximate surface area is 243 Å². The quantitative estimate of drug-likeness (QED) is 0.332. The highest BCUT2D eigenvalue weighted by atomic mass is 16.5. The van der Waals surface area contributed by atoms with Gasteiger partial charge in [-0.1, -0.05) is 81.7 Å². The number of urea groups is 1. The van der Waals surface area contributed by atoms with Crippen LogP contribution in [0.25, 0.3) is 0 Å². The third kappa shape index (κ3) is 10.1. The fourth-order valence-corrected chi connectivity index (χ4v) is 5.98. The van der Waals surface area contributed by atoms with Crippen molar-refractivity contribution in [3.63, 3.8) is 0 Å². The third-order valence-corrected chi connectivity index (χ3v) is 8.40. The average Bonchev–Trinajstić information content (AvgIpc) is 3.01. The highest BCUT2D eigenvalue weighted by Gasteiger charge is 2.33. The summed E-state index contributed by atoms with van der Waals surface area (Å²) in [6, 6.07) is 7.18. The molecule has 1 saturated heterocycles. The first-order chi connectivity index (χ1) is 20.0. The summed E-state index contributed by atoms with van der Waals surface area (Å²) in [7, 11) is 0. The highest BCUT2D eigenvalue weighted by molar-refractivity contribution is 6.38. The van der Waals surface area contributed by atoms with Gasteiger partial charge in [-0.3, -0.25) is 14.4 Å². The van der Waals surface area contributed by atoms with Crippen LogP contribution >= 0.6 is 0 Å². The van der Waals surface area contributed by atoms with Gasteiger partial charge in [-0.25, -0.2) is 4.79 Å². The lowest BCUT2D eigenvalue weighted by Gasteiger charge is -2.31. The minimum atomic E-state index is -1.16. The maximum atomic E-state index is 13.7. The summed E-state index contributed by atoms with van der Waals surface area (Å²) >= 11 is 0. The van der Waals surface area contributed by atoms with Crippen LogP contribution in [-0.2, 0) is 30.5 Å². The molecular weight excluding hydrogens is 524 g/mol. The van der Waals surface area contributed by atoms with E-state index in [1.807, 2.05) is 30.3 Å².